The second-order valence-corrected chi connectivity index (χ2v) is 10.6. The Hall–Kier alpha value is -4.33. The molecule has 2 aliphatic rings. The number of benzene rings is 3. The van der Waals surface area contributed by atoms with Gasteiger partial charge in [0.1, 0.15) is 35.8 Å². The third kappa shape index (κ3) is 4.78. The van der Waals surface area contributed by atoms with Crippen molar-refractivity contribution >= 4 is 5.97 Å². The minimum atomic E-state index is -0.854. The molecule has 8 heteroatoms. The molecule has 6 rings (SSSR count). The van der Waals surface area contributed by atoms with Gasteiger partial charge < -0.3 is 19.3 Å². The van der Waals surface area contributed by atoms with Gasteiger partial charge in [0, 0.05) is 36.4 Å². The van der Waals surface area contributed by atoms with Crippen LogP contribution in [0.2, 0.25) is 0 Å². The van der Waals surface area contributed by atoms with Crippen molar-refractivity contribution in [2.45, 2.75) is 51.7 Å². The normalized spacial score (nSPS) is 17.3. The molecular weight excluding hydrogens is 511 g/mol. The van der Waals surface area contributed by atoms with Crippen LogP contribution in [0.5, 0.6) is 17.2 Å². The lowest BCUT2D eigenvalue weighted by Gasteiger charge is -2.19. The zero-order valence-corrected chi connectivity index (χ0v) is 22.7. The number of ether oxygens (including phenoxy) is 3. The zero-order chi connectivity index (χ0) is 28.0. The molecule has 40 heavy (non-hydrogen) atoms. The molecular formula is C32H31FN2O5. The summed E-state index contributed by atoms with van der Waals surface area (Å²) in [6.45, 7) is 4.87. The number of hydrogen-bond donors (Lipinski definition) is 1. The molecule has 1 aliphatic heterocycles. The number of fused-ring (bicyclic) bond motifs is 2. The summed E-state index contributed by atoms with van der Waals surface area (Å²) in [6.07, 6.45) is 2.71. The van der Waals surface area contributed by atoms with E-state index in [4.69, 9.17) is 19.3 Å². The van der Waals surface area contributed by atoms with E-state index in [2.05, 4.69) is 18.9 Å². The Morgan fingerprint density at radius 3 is 2.65 bits per heavy atom. The topological polar surface area (TPSA) is 82.8 Å². The summed E-state index contributed by atoms with van der Waals surface area (Å²) in [5.74, 6) is 0.698. The van der Waals surface area contributed by atoms with Crippen molar-refractivity contribution in [1.29, 1.82) is 0 Å². The van der Waals surface area contributed by atoms with Gasteiger partial charge in [0.25, 0.3) is 0 Å². The van der Waals surface area contributed by atoms with E-state index in [1.807, 2.05) is 43.4 Å². The van der Waals surface area contributed by atoms with E-state index in [-0.39, 0.29) is 18.2 Å². The predicted molar refractivity (Wildman–Crippen MR) is 147 cm³/mol. The van der Waals surface area contributed by atoms with Gasteiger partial charge in [0.15, 0.2) is 0 Å². The molecule has 1 aliphatic carbocycles. The van der Waals surface area contributed by atoms with Crippen LogP contribution in [-0.2, 0) is 24.9 Å². The molecule has 0 saturated heterocycles. The minimum absolute atomic E-state index is 0.0213. The maximum absolute atomic E-state index is 15.3. The van der Waals surface area contributed by atoms with Crippen LogP contribution in [-0.4, -0.2) is 27.5 Å². The smallest absolute Gasteiger partial charge is 0.304 e. The van der Waals surface area contributed by atoms with Gasteiger partial charge in [-0.25, -0.2) is 4.39 Å². The van der Waals surface area contributed by atoms with Gasteiger partial charge in [-0.3, -0.25) is 9.48 Å². The number of aryl methyl sites for hydroxylation is 3. The molecule has 1 N–H and O–H groups in total. The van der Waals surface area contributed by atoms with Gasteiger partial charge in [0.05, 0.1) is 18.7 Å². The SMILES string of the molecule is Cc1cc(OCc2ccnn2C)cc(C)c1-c1ccc(F)c2c1CCC2Oc1ccc2c(c1)OCC2CC(=O)O. The van der Waals surface area contributed by atoms with Gasteiger partial charge in [-0.2, -0.15) is 5.10 Å². The standard InChI is InChI=1S/C32H31FN2O5/c1-18-12-23(38-17-21-10-11-34-35(21)3)13-19(2)31(18)25-6-8-27(33)32-26(25)7-9-28(32)40-22-4-5-24-20(14-30(36)37)16-39-29(24)15-22/h4-6,8,10-13,15,20,28H,7,9,14,16-17H2,1-3H3,(H,36,37). The summed E-state index contributed by atoms with van der Waals surface area (Å²) in [6, 6.07) is 14.9. The van der Waals surface area contributed by atoms with E-state index in [0.717, 1.165) is 44.8 Å². The fourth-order valence-corrected chi connectivity index (χ4v) is 6.03. The molecule has 0 fully saturated rings. The highest BCUT2D eigenvalue weighted by Crippen LogP contribution is 2.45. The third-order valence-electron chi connectivity index (χ3n) is 7.93. The first-order chi connectivity index (χ1) is 19.3. The van der Waals surface area contributed by atoms with Crippen molar-refractivity contribution in [3.05, 3.63) is 94.1 Å². The van der Waals surface area contributed by atoms with Crippen molar-refractivity contribution in [3.63, 3.8) is 0 Å². The summed E-state index contributed by atoms with van der Waals surface area (Å²) in [7, 11) is 1.89. The fraction of sp³-hybridized carbons (Fsp3) is 0.312. The number of nitrogens with zero attached hydrogens (tertiary/aromatic N) is 2. The molecule has 0 spiro atoms. The van der Waals surface area contributed by atoms with E-state index < -0.39 is 12.1 Å². The summed E-state index contributed by atoms with van der Waals surface area (Å²) >= 11 is 0. The van der Waals surface area contributed by atoms with Crippen molar-refractivity contribution in [2.24, 2.45) is 7.05 Å². The molecule has 2 heterocycles. The van der Waals surface area contributed by atoms with Gasteiger partial charge in [-0.1, -0.05) is 12.1 Å². The first-order valence-corrected chi connectivity index (χ1v) is 13.5. The monoisotopic (exact) mass is 542 g/mol. The number of aromatic nitrogens is 2. The molecule has 206 valence electrons. The number of rotatable bonds is 8. The first kappa shape index (κ1) is 25.9. The second kappa shape index (κ2) is 10.3. The molecule has 7 nitrogen and oxygen atoms in total. The number of carbonyl (C=O) groups is 1. The maximum atomic E-state index is 15.3. The number of carboxylic acids is 1. The highest BCUT2D eigenvalue weighted by atomic mass is 19.1. The van der Waals surface area contributed by atoms with E-state index in [1.54, 1.807) is 16.9 Å². The lowest BCUT2D eigenvalue weighted by atomic mass is 9.90. The largest absolute Gasteiger partial charge is 0.492 e. The average molecular weight is 543 g/mol. The Labute approximate surface area is 232 Å². The zero-order valence-electron chi connectivity index (χ0n) is 22.7. The fourth-order valence-electron chi connectivity index (χ4n) is 6.03. The van der Waals surface area contributed by atoms with E-state index in [0.29, 0.717) is 43.1 Å². The highest BCUT2D eigenvalue weighted by molar-refractivity contribution is 5.76. The van der Waals surface area contributed by atoms with Crippen LogP contribution < -0.4 is 14.2 Å². The van der Waals surface area contributed by atoms with Crippen molar-refractivity contribution in [2.75, 3.05) is 6.61 Å². The number of carboxylic acid groups (broad SMARTS) is 1. The Bertz CT molecular complexity index is 1590. The highest BCUT2D eigenvalue weighted by Gasteiger charge is 2.32. The van der Waals surface area contributed by atoms with E-state index in [1.165, 1.54) is 6.07 Å². The van der Waals surface area contributed by atoms with Crippen LogP contribution in [0.15, 0.2) is 54.7 Å². The number of hydrogen-bond acceptors (Lipinski definition) is 5. The Kier molecular flexibility index (Phi) is 6.70. The summed E-state index contributed by atoms with van der Waals surface area (Å²) in [5, 5.41) is 13.3. The van der Waals surface area contributed by atoms with Crippen molar-refractivity contribution in [1.82, 2.24) is 9.78 Å². The Morgan fingerprint density at radius 2 is 1.93 bits per heavy atom. The van der Waals surface area contributed by atoms with Gasteiger partial charge >= 0.3 is 5.97 Å². The molecule has 4 aromatic rings. The van der Waals surface area contributed by atoms with E-state index >= 15 is 4.39 Å². The molecule has 3 aromatic carbocycles. The molecule has 0 amide bonds. The number of halogens is 1. The molecule has 2 unspecified atom stereocenters. The Balaban J connectivity index is 1.25. The summed E-state index contributed by atoms with van der Waals surface area (Å²) in [5.41, 5.74) is 7.64. The summed E-state index contributed by atoms with van der Waals surface area (Å²) in [4.78, 5) is 11.2. The van der Waals surface area contributed by atoms with Crippen LogP contribution in [0.4, 0.5) is 4.39 Å². The Morgan fingerprint density at radius 1 is 1.12 bits per heavy atom. The van der Waals surface area contributed by atoms with Gasteiger partial charge in [-0.15, -0.1) is 0 Å². The molecule has 1 aromatic heterocycles. The first-order valence-electron chi connectivity index (χ1n) is 13.5. The molecule has 0 bridgehead atoms. The van der Waals surface area contributed by atoms with E-state index in [9.17, 15) is 4.79 Å². The van der Waals surface area contributed by atoms with Crippen LogP contribution in [0.1, 0.15) is 58.4 Å². The van der Waals surface area contributed by atoms with Crippen LogP contribution >= 0.6 is 0 Å². The third-order valence-corrected chi connectivity index (χ3v) is 7.93. The van der Waals surface area contributed by atoms with Crippen molar-refractivity contribution < 1.29 is 28.5 Å². The van der Waals surface area contributed by atoms with Gasteiger partial charge in [0.2, 0.25) is 0 Å². The maximum Gasteiger partial charge on any atom is 0.304 e. The quantitative estimate of drug-likeness (QED) is 0.276. The van der Waals surface area contributed by atoms with Crippen molar-refractivity contribution in [3.8, 4) is 28.4 Å². The molecule has 2 atom stereocenters. The lowest BCUT2D eigenvalue weighted by molar-refractivity contribution is -0.137. The van der Waals surface area contributed by atoms with Crippen LogP contribution in [0, 0.1) is 19.7 Å². The molecule has 0 radical (unpaired) electrons. The minimum Gasteiger partial charge on any atom is -0.492 e. The van der Waals surface area contributed by atoms with Crippen LogP contribution in [0.25, 0.3) is 11.1 Å². The predicted octanol–water partition coefficient (Wildman–Crippen LogP) is 6.44. The summed E-state index contributed by atoms with van der Waals surface area (Å²) < 4.78 is 35.2. The van der Waals surface area contributed by atoms with Gasteiger partial charge in [-0.05, 0) is 84.8 Å². The number of aliphatic carboxylic acids is 1. The second-order valence-electron chi connectivity index (χ2n) is 10.6. The lowest BCUT2D eigenvalue weighted by Crippen LogP contribution is -2.07. The van der Waals surface area contributed by atoms with Crippen LogP contribution in [0.3, 0.4) is 0 Å². The molecule has 0 saturated carbocycles. The average Bonchev–Trinajstić information content (AvgIpc) is 3.63.